The number of allylic oxidation sites excluding steroid dienone is 1. The normalized spacial score (nSPS) is 13.0. The van der Waals surface area contributed by atoms with Gasteiger partial charge in [-0.1, -0.05) is 117 Å². The van der Waals surface area contributed by atoms with Crippen molar-refractivity contribution in [3.05, 3.63) is 145 Å². The van der Waals surface area contributed by atoms with Gasteiger partial charge in [-0.15, -0.1) is 4.68 Å². The number of esters is 1. The number of benzene rings is 3. The zero-order chi connectivity index (χ0) is 34.8. The Hall–Kier alpha value is -5.25. The van der Waals surface area contributed by atoms with Crippen LogP contribution in [-0.2, 0) is 27.4 Å². The summed E-state index contributed by atoms with van der Waals surface area (Å²) in [7, 11) is 0. The topological polar surface area (TPSA) is 121 Å². The van der Waals surface area contributed by atoms with Gasteiger partial charge in [0.05, 0.1) is 24.9 Å². The second-order valence-electron chi connectivity index (χ2n) is 13.2. The summed E-state index contributed by atoms with van der Waals surface area (Å²) in [5.74, 6) is -3.19. The predicted octanol–water partition coefficient (Wildman–Crippen LogP) is 5.06. The van der Waals surface area contributed by atoms with E-state index in [4.69, 9.17) is 4.74 Å². The van der Waals surface area contributed by atoms with E-state index in [1.807, 2.05) is 68.5 Å². The number of amides is 1. The molecule has 1 aromatic heterocycles. The van der Waals surface area contributed by atoms with Crippen LogP contribution in [-0.4, -0.2) is 31.3 Å². The largest absolute Gasteiger partial charge is 0.460 e. The molecule has 48 heavy (non-hydrogen) atoms. The van der Waals surface area contributed by atoms with Crippen molar-refractivity contribution in [2.75, 3.05) is 5.43 Å². The summed E-state index contributed by atoms with van der Waals surface area (Å²) in [5, 5.41) is 0. The average molecular weight is 653 g/mol. The third kappa shape index (κ3) is 9.63. The zero-order valence-corrected chi connectivity index (χ0v) is 28.2. The molecule has 10 heteroatoms. The molecule has 3 aromatic carbocycles. The fraction of sp³-hybridized carbons (Fsp3) is 0.342. The van der Waals surface area contributed by atoms with Gasteiger partial charge in [-0.3, -0.25) is 15.0 Å². The third-order valence-corrected chi connectivity index (χ3v) is 7.65. The molecule has 0 aliphatic carbocycles. The highest BCUT2D eigenvalue weighted by Gasteiger charge is 2.37. The predicted molar refractivity (Wildman–Crippen MR) is 187 cm³/mol. The molecule has 0 fully saturated rings. The van der Waals surface area contributed by atoms with Crippen molar-refractivity contribution in [3.8, 4) is 0 Å². The van der Waals surface area contributed by atoms with Crippen LogP contribution in [0.25, 0.3) is 6.08 Å². The molecule has 4 rings (SSSR count). The lowest BCUT2D eigenvalue weighted by atomic mass is 9.82. The monoisotopic (exact) mass is 652 g/mol. The Labute approximate surface area is 280 Å². The van der Waals surface area contributed by atoms with E-state index in [1.165, 1.54) is 0 Å². The molecule has 4 aromatic rings. The lowest BCUT2D eigenvalue weighted by molar-refractivity contribution is -0.163. The number of rotatable bonds is 13. The van der Waals surface area contributed by atoms with Crippen LogP contribution in [0.4, 0.5) is 0 Å². The Morgan fingerprint density at radius 3 is 1.67 bits per heavy atom. The number of nitrogens with one attached hydrogen (secondary N) is 1. The fourth-order valence-electron chi connectivity index (χ4n) is 5.40. The summed E-state index contributed by atoms with van der Waals surface area (Å²) in [4.78, 5) is 69.1. The summed E-state index contributed by atoms with van der Waals surface area (Å²) < 4.78 is 8.19. The van der Waals surface area contributed by atoms with Gasteiger partial charge in [-0.25, -0.2) is 23.5 Å². The molecule has 1 amide bonds. The summed E-state index contributed by atoms with van der Waals surface area (Å²) in [6, 6.07) is 27.3. The Bertz CT molecular complexity index is 1810. The second kappa shape index (κ2) is 16.0. The highest BCUT2D eigenvalue weighted by atomic mass is 16.6. The number of carbonyl (C=O) groups excluding carboxylic acids is 2. The molecule has 0 saturated heterocycles. The van der Waals surface area contributed by atoms with E-state index in [1.54, 1.807) is 69.3 Å². The van der Waals surface area contributed by atoms with Crippen molar-refractivity contribution in [1.29, 1.82) is 0 Å². The third-order valence-electron chi connectivity index (χ3n) is 7.65. The van der Waals surface area contributed by atoms with Gasteiger partial charge in [-0.2, -0.15) is 0 Å². The molecule has 1 heterocycles. The van der Waals surface area contributed by atoms with E-state index in [0.717, 1.165) is 14.7 Å². The quantitative estimate of drug-likeness (QED) is 0.202. The van der Waals surface area contributed by atoms with Crippen LogP contribution in [0.3, 0.4) is 0 Å². The van der Waals surface area contributed by atoms with Gasteiger partial charge in [-0.05, 0) is 56.2 Å². The Balaban J connectivity index is 1.78. The Morgan fingerprint density at radius 2 is 1.21 bits per heavy atom. The van der Waals surface area contributed by atoms with E-state index in [9.17, 15) is 24.0 Å². The van der Waals surface area contributed by atoms with Gasteiger partial charge in [0.1, 0.15) is 5.60 Å². The zero-order valence-electron chi connectivity index (χ0n) is 28.2. The van der Waals surface area contributed by atoms with E-state index in [-0.39, 0.29) is 31.8 Å². The van der Waals surface area contributed by atoms with Crippen LogP contribution >= 0.6 is 0 Å². The van der Waals surface area contributed by atoms with Crippen molar-refractivity contribution in [2.24, 2.45) is 17.8 Å². The van der Waals surface area contributed by atoms with Crippen molar-refractivity contribution in [2.45, 2.75) is 66.2 Å². The summed E-state index contributed by atoms with van der Waals surface area (Å²) >= 11 is 0. The molecule has 0 unspecified atom stereocenters. The maximum atomic E-state index is 14.2. The minimum absolute atomic E-state index is 0.0257. The highest BCUT2D eigenvalue weighted by Crippen LogP contribution is 2.28. The molecule has 10 nitrogen and oxygen atoms in total. The van der Waals surface area contributed by atoms with Crippen molar-refractivity contribution in [3.63, 3.8) is 0 Å². The van der Waals surface area contributed by atoms with Crippen LogP contribution in [0, 0.1) is 17.8 Å². The van der Waals surface area contributed by atoms with Crippen LogP contribution in [0.2, 0.25) is 0 Å². The summed E-state index contributed by atoms with van der Waals surface area (Å²) in [6.45, 7) is 8.86. The molecule has 0 spiro atoms. The van der Waals surface area contributed by atoms with E-state index in [2.05, 4.69) is 5.43 Å². The lowest BCUT2D eigenvalue weighted by Gasteiger charge is -2.29. The van der Waals surface area contributed by atoms with Crippen LogP contribution in [0.5, 0.6) is 0 Å². The standard InChI is InChI=1S/C38H44N4O6/c1-27(2)24-32(31(34(44)48-38(3,4)5)23-15-22-28-16-9-6-10-17-28)33(43)39-42-36(46)40(25-29-18-11-7-12-19-29)35(45)41(37(42)47)26-30-20-13-8-14-21-30/h6-22,27,31-32H,23-26H2,1-5H3,(H,39,43)/b22-15+/t31-,32+/m0/s1. The van der Waals surface area contributed by atoms with E-state index >= 15 is 0 Å². The number of ether oxygens (including phenoxy) is 1. The molecule has 0 radical (unpaired) electrons. The molecule has 2 atom stereocenters. The maximum Gasteiger partial charge on any atom is 0.356 e. The van der Waals surface area contributed by atoms with E-state index in [0.29, 0.717) is 15.8 Å². The van der Waals surface area contributed by atoms with Gasteiger partial charge >= 0.3 is 23.0 Å². The SMILES string of the molecule is CC(C)C[C@@H](C(=O)Nn1c(=O)n(Cc2ccccc2)c(=O)n(Cc2ccccc2)c1=O)[C@H](C/C=C/c1ccccc1)C(=O)OC(C)(C)C. The first-order valence-corrected chi connectivity index (χ1v) is 16.1. The first-order valence-electron chi connectivity index (χ1n) is 16.1. The number of carbonyl (C=O) groups is 2. The minimum Gasteiger partial charge on any atom is -0.460 e. The number of nitrogens with zero attached hydrogens (tertiary/aromatic N) is 3. The molecule has 0 bridgehead atoms. The molecular formula is C38H44N4O6. The van der Waals surface area contributed by atoms with E-state index < -0.39 is 46.4 Å². The number of hydrogen-bond acceptors (Lipinski definition) is 6. The molecule has 0 aliphatic rings. The van der Waals surface area contributed by atoms with Crippen LogP contribution < -0.4 is 22.5 Å². The maximum absolute atomic E-state index is 14.2. The first-order chi connectivity index (χ1) is 22.8. The van der Waals surface area contributed by atoms with Crippen LogP contribution in [0.1, 0.15) is 64.2 Å². The smallest absolute Gasteiger partial charge is 0.356 e. The second-order valence-corrected chi connectivity index (χ2v) is 13.2. The molecule has 1 N–H and O–H groups in total. The fourth-order valence-corrected chi connectivity index (χ4v) is 5.40. The first kappa shape index (κ1) is 35.6. The van der Waals surface area contributed by atoms with Crippen molar-refractivity contribution < 1.29 is 14.3 Å². The Kier molecular flexibility index (Phi) is 11.9. The van der Waals surface area contributed by atoms with Crippen molar-refractivity contribution >= 4 is 18.0 Å². The minimum atomic E-state index is -0.993. The number of hydrogen-bond donors (Lipinski definition) is 1. The van der Waals surface area contributed by atoms with Crippen LogP contribution in [0.15, 0.2) is 111 Å². The van der Waals surface area contributed by atoms with Gasteiger partial charge in [0.15, 0.2) is 0 Å². The lowest BCUT2D eigenvalue weighted by Crippen LogP contribution is -2.58. The Morgan fingerprint density at radius 1 is 0.729 bits per heavy atom. The number of aromatic nitrogens is 3. The van der Waals surface area contributed by atoms with Gasteiger partial charge in [0.25, 0.3) is 0 Å². The van der Waals surface area contributed by atoms with Gasteiger partial charge in [0.2, 0.25) is 5.91 Å². The summed E-state index contributed by atoms with van der Waals surface area (Å²) in [5.41, 5.74) is 1.15. The summed E-state index contributed by atoms with van der Waals surface area (Å²) in [6.07, 6.45) is 4.14. The molecule has 0 saturated carbocycles. The highest BCUT2D eigenvalue weighted by molar-refractivity contribution is 5.90. The average Bonchev–Trinajstić information content (AvgIpc) is 3.05. The van der Waals surface area contributed by atoms with Gasteiger partial charge in [0, 0.05) is 0 Å². The molecular weight excluding hydrogens is 608 g/mol. The van der Waals surface area contributed by atoms with Crippen molar-refractivity contribution in [1.82, 2.24) is 13.8 Å². The molecule has 0 aliphatic heterocycles. The van der Waals surface area contributed by atoms with Gasteiger partial charge < -0.3 is 4.74 Å². The molecule has 252 valence electrons.